The van der Waals surface area contributed by atoms with E-state index >= 15 is 0 Å². The first-order valence-corrected chi connectivity index (χ1v) is 14.7. The van der Waals surface area contributed by atoms with Crippen LogP contribution < -0.4 is 9.47 Å². The SMILES string of the molecule is CC[Si](C)(CC)CC.COc1cccc(C)n1.COc1cccc(C)n1.Cc1ccccn1. The van der Waals surface area contributed by atoms with Gasteiger partial charge in [0.05, 0.1) is 14.2 Å². The molecule has 0 radical (unpaired) electrons. The molecule has 0 amide bonds. The number of aromatic nitrogens is 3. The topological polar surface area (TPSA) is 57.1 Å². The van der Waals surface area contributed by atoms with Crippen molar-refractivity contribution in [1.82, 2.24) is 15.0 Å². The fraction of sp³-hybridized carbons (Fsp3) is 0.444. The summed E-state index contributed by atoms with van der Waals surface area (Å²) in [5, 5.41) is 0. The Kier molecular flexibility index (Phi) is 16.3. The van der Waals surface area contributed by atoms with Gasteiger partial charge in [-0.15, -0.1) is 0 Å². The lowest BCUT2D eigenvalue weighted by molar-refractivity contribution is 0.397. The van der Waals surface area contributed by atoms with Crippen molar-refractivity contribution < 1.29 is 9.47 Å². The Balaban J connectivity index is 0.000000416. The van der Waals surface area contributed by atoms with Gasteiger partial charge >= 0.3 is 0 Å². The summed E-state index contributed by atoms with van der Waals surface area (Å²) in [4.78, 5) is 12.1. The van der Waals surface area contributed by atoms with E-state index in [0.29, 0.717) is 11.8 Å². The molecule has 5 nitrogen and oxygen atoms in total. The van der Waals surface area contributed by atoms with Gasteiger partial charge in [0.2, 0.25) is 11.8 Å². The first kappa shape index (κ1) is 30.3. The minimum Gasteiger partial charge on any atom is -0.481 e. The molecule has 3 aromatic rings. The zero-order chi connectivity index (χ0) is 25.1. The monoisotopic (exact) mass is 469 g/mol. The maximum Gasteiger partial charge on any atom is 0.213 e. The molecule has 3 heterocycles. The van der Waals surface area contributed by atoms with Crippen molar-refractivity contribution in [3.05, 3.63) is 77.9 Å². The number of pyridine rings is 3. The van der Waals surface area contributed by atoms with Gasteiger partial charge in [0, 0.05) is 43.5 Å². The maximum atomic E-state index is 4.88. The molecule has 0 aliphatic heterocycles. The Hall–Kier alpha value is -2.73. The molecule has 3 aromatic heterocycles. The second kappa shape index (κ2) is 17.8. The van der Waals surface area contributed by atoms with E-state index in [4.69, 9.17) is 9.47 Å². The molecule has 0 saturated carbocycles. The second-order valence-corrected chi connectivity index (χ2v) is 13.7. The minimum absolute atomic E-state index is 0.671. The van der Waals surface area contributed by atoms with Gasteiger partial charge in [-0.3, -0.25) is 4.98 Å². The Bertz CT molecular complexity index is 818. The number of rotatable bonds is 5. The summed E-state index contributed by atoms with van der Waals surface area (Å²) in [6.07, 6.45) is 1.79. The molecule has 182 valence electrons. The van der Waals surface area contributed by atoms with Crippen molar-refractivity contribution in [1.29, 1.82) is 0 Å². The highest BCUT2D eigenvalue weighted by molar-refractivity contribution is 6.78. The molecule has 33 heavy (non-hydrogen) atoms. The first-order valence-electron chi connectivity index (χ1n) is 11.6. The van der Waals surface area contributed by atoms with E-state index in [9.17, 15) is 0 Å². The van der Waals surface area contributed by atoms with Crippen LogP contribution in [0.1, 0.15) is 37.9 Å². The highest BCUT2D eigenvalue weighted by Gasteiger charge is 2.18. The number of ether oxygens (including phenoxy) is 2. The van der Waals surface area contributed by atoms with E-state index in [-0.39, 0.29) is 0 Å². The van der Waals surface area contributed by atoms with Crippen molar-refractivity contribution in [2.45, 2.75) is 66.2 Å². The highest BCUT2D eigenvalue weighted by atomic mass is 28.3. The van der Waals surface area contributed by atoms with E-state index in [1.54, 1.807) is 20.4 Å². The Morgan fingerprint density at radius 3 is 1.24 bits per heavy atom. The third kappa shape index (κ3) is 14.9. The summed E-state index contributed by atoms with van der Waals surface area (Å²) in [6.45, 7) is 15.3. The lowest BCUT2D eigenvalue weighted by Gasteiger charge is -2.20. The van der Waals surface area contributed by atoms with Gasteiger partial charge in [-0.2, -0.15) is 0 Å². The molecule has 0 N–H and O–H groups in total. The maximum absolute atomic E-state index is 4.88. The van der Waals surface area contributed by atoms with Crippen molar-refractivity contribution in [3.63, 3.8) is 0 Å². The van der Waals surface area contributed by atoms with Crippen LogP contribution >= 0.6 is 0 Å². The third-order valence-corrected chi connectivity index (χ3v) is 10.6. The van der Waals surface area contributed by atoms with Crippen molar-refractivity contribution in [2.24, 2.45) is 0 Å². The van der Waals surface area contributed by atoms with Gasteiger partial charge in [-0.05, 0) is 45.0 Å². The van der Waals surface area contributed by atoms with Gasteiger partial charge < -0.3 is 9.47 Å². The van der Waals surface area contributed by atoms with Crippen LogP contribution in [0.15, 0.2) is 60.8 Å². The molecule has 0 aliphatic rings. The van der Waals surface area contributed by atoms with E-state index in [0.717, 1.165) is 17.1 Å². The number of nitrogens with zero attached hydrogens (tertiary/aromatic N) is 3. The minimum atomic E-state index is -0.671. The predicted octanol–water partition coefficient (Wildman–Crippen LogP) is 7.31. The average molecular weight is 470 g/mol. The van der Waals surface area contributed by atoms with Gasteiger partial charge in [0.1, 0.15) is 0 Å². The summed E-state index contributed by atoms with van der Waals surface area (Å²) in [5.74, 6) is 1.35. The quantitative estimate of drug-likeness (QED) is 0.367. The van der Waals surface area contributed by atoms with Gasteiger partial charge in [-0.1, -0.05) is 63.6 Å². The van der Waals surface area contributed by atoms with Gasteiger partial charge in [-0.25, -0.2) is 9.97 Å². The summed E-state index contributed by atoms with van der Waals surface area (Å²) in [5.41, 5.74) is 3.03. The molecular formula is C27H43N3O2Si. The molecular weight excluding hydrogens is 426 g/mol. The molecule has 3 rings (SSSR count). The summed E-state index contributed by atoms with van der Waals surface area (Å²) in [6, 6.07) is 21.6. The molecule has 0 saturated heterocycles. The number of hydrogen-bond donors (Lipinski definition) is 0. The van der Waals surface area contributed by atoms with E-state index < -0.39 is 8.07 Å². The van der Waals surface area contributed by atoms with Crippen LogP contribution in [0.25, 0.3) is 0 Å². The highest BCUT2D eigenvalue weighted by Crippen LogP contribution is 2.18. The van der Waals surface area contributed by atoms with E-state index in [2.05, 4.69) is 42.3 Å². The molecule has 0 aliphatic carbocycles. The number of aryl methyl sites for hydroxylation is 3. The summed E-state index contributed by atoms with van der Waals surface area (Å²) in [7, 11) is 2.55. The van der Waals surface area contributed by atoms with Crippen molar-refractivity contribution in [2.75, 3.05) is 14.2 Å². The van der Waals surface area contributed by atoms with E-state index in [1.165, 1.54) is 18.1 Å². The zero-order valence-corrected chi connectivity index (χ0v) is 23.1. The lowest BCUT2D eigenvalue weighted by atomic mass is 10.4. The van der Waals surface area contributed by atoms with Crippen molar-refractivity contribution >= 4 is 8.07 Å². The molecule has 0 aromatic carbocycles. The summed E-state index contributed by atoms with van der Waals surface area (Å²) < 4.78 is 9.77. The molecule has 6 heteroatoms. The molecule has 0 bridgehead atoms. The van der Waals surface area contributed by atoms with Crippen LogP contribution in [0.3, 0.4) is 0 Å². The smallest absolute Gasteiger partial charge is 0.213 e. The lowest BCUT2D eigenvalue weighted by Crippen LogP contribution is -2.25. The van der Waals surface area contributed by atoms with Crippen LogP contribution in [0, 0.1) is 20.8 Å². The number of hydrogen-bond acceptors (Lipinski definition) is 5. The molecule has 0 unspecified atom stereocenters. The van der Waals surface area contributed by atoms with Crippen LogP contribution in [-0.2, 0) is 0 Å². The van der Waals surface area contributed by atoms with Crippen LogP contribution in [0.5, 0.6) is 11.8 Å². The Morgan fingerprint density at radius 1 is 0.636 bits per heavy atom. The fourth-order valence-corrected chi connectivity index (χ4v) is 3.96. The predicted molar refractivity (Wildman–Crippen MR) is 143 cm³/mol. The van der Waals surface area contributed by atoms with Crippen LogP contribution in [0.2, 0.25) is 24.7 Å². The zero-order valence-electron chi connectivity index (χ0n) is 22.1. The normalized spacial score (nSPS) is 9.73. The van der Waals surface area contributed by atoms with Crippen molar-refractivity contribution in [3.8, 4) is 11.8 Å². The van der Waals surface area contributed by atoms with Crippen LogP contribution in [0.4, 0.5) is 0 Å². The molecule has 0 atom stereocenters. The fourth-order valence-electron chi connectivity index (χ4n) is 2.46. The third-order valence-electron chi connectivity index (χ3n) is 5.52. The average Bonchev–Trinajstić information content (AvgIpc) is 2.85. The number of methoxy groups -OCH3 is 2. The second-order valence-electron chi connectivity index (χ2n) is 7.99. The van der Waals surface area contributed by atoms with E-state index in [1.807, 2.05) is 75.4 Å². The Labute approximate surface area is 202 Å². The standard InChI is InChI=1S/2C7H9NO.C7H18Si.C6H7N/c2*1-6-4-3-5-7(8-6)9-2;1-5-8(4,6-2)7-3;1-6-4-2-3-5-7-6/h2*3-5H,1-2H3;5-7H2,1-4H3;2-5H,1H3. The van der Waals surface area contributed by atoms with Gasteiger partial charge in [0.25, 0.3) is 0 Å². The summed E-state index contributed by atoms with van der Waals surface area (Å²) >= 11 is 0. The largest absolute Gasteiger partial charge is 0.481 e. The van der Waals surface area contributed by atoms with Gasteiger partial charge in [0.15, 0.2) is 0 Å². The molecule has 0 fully saturated rings. The molecule has 0 spiro atoms. The van der Waals surface area contributed by atoms with Crippen LogP contribution in [-0.4, -0.2) is 37.2 Å². The first-order chi connectivity index (χ1) is 15.7. The Morgan fingerprint density at radius 2 is 1.06 bits per heavy atom.